The molecule has 0 radical (unpaired) electrons. The number of carbonyl (C=O) groups is 1. The summed E-state index contributed by atoms with van der Waals surface area (Å²) in [6, 6.07) is 0. The molecule has 11 heavy (non-hydrogen) atoms. The number of esters is 1. The molecule has 1 rings (SSSR count). The molecule has 1 saturated carbocycles. The summed E-state index contributed by atoms with van der Waals surface area (Å²) >= 11 is 0. The summed E-state index contributed by atoms with van der Waals surface area (Å²) in [4.78, 5) is 11.1. The van der Waals surface area contributed by atoms with Crippen molar-refractivity contribution < 1.29 is 14.6 Å². The molecule has 1 fully saturated rings. The zero-order chi connectivity index (χ0) is 8.27. The van der Waals surface area contributed by atoms with Gasteiger partial charge in [0.1, 0.15) is 0 Å². The van der Waals surface area contributed by atoms with Gasteiger partial charge in [0.15, 0.2) is 0 Å². The van der Waals surface area contributed by atoms with E-state index in [9.17, 15) is 4.79 Å². The molecule has 0 bridgehead atoms. The van der Waals surface area contributed by atoms with E-state index in [0.717, 1.165) is 12.8 Å². The van der Waals surface area contributed by atoms with Crippen LogP contribution in [0.5, 0.6) is 0 Å². The van der Waals surface area contributed by atoms with E-state index in [2.05, 4.69) is 0 Å². The van der Waals surface area contributed by atoms with Crippen LogP contribution in [0.25, 0.3) is 0 Å². The Morgan fingerprint density at radius 3 is 2.82 bits per heavy atom. The summed E-state index contributed by atoms with van der Waals surface area (Å²) < 4.78 is 4.82. The van der Waals surface area contributed by atoms with Gasteiger partial charge >= 0.3 is 5.97 Å². The molecule has 0 aromatic carbocycles. The summed E-state index contributed by atoms with van der Waals surface area (Å²) in [5.74, 6) is -0.200. The molecule has 0 aromatic heterocycles. The molecule has 0 unspecified atom stereocenters. The molecule has 0 spiro atoms. The molecule has 3 heteroatoms. The Bertz CT molecular complexity index is 144. The van der Waals surface area contributed by atoms with Gasteiger partial charge in [-0.2, -0.15) is 0 Å². The highest BCUT2D eigenvalue weighted by molar-refractivity contribution is 5.72. The van der Waals surface area contributed by atoms with Crippen LogP contribution in [-0.4, -0.2) is 23.8 Å². The van der Waals surface area contributed by atoms with Crippen molar-refractivity contribution in [3.8, 4) is 0 Å². The average Bonchev–Trinajstić information content (AvgIpc) is 2.36. The lowest BCUT2D eigenvalue weighted by Crippen LogP contribution is -2.15. The maximum absolute atomic E-state index is 11.1. The molecule has 0 saturated heterocycles. The molecular weight excluding hydrogens is 144 g/mol. The number of rotatable bonds is 2. The maximum atomic E-state index is 11.1. The van der Waals surface area contributed by atoms with Crippen LogP contribution >= 0.6 is 0 Å². The first-order chi connectivity index (χ1) is 5.24. The Balaban J connectivity index is 2.31. The Labute approximate surface area is 66.4 Å². The van der Waals surface area contributed by atoms with Crippen LogP contribution < -0.4 is 0 Å². The number of aliphatic hydroxyl groups is 1. The lowest BCUT2D eigenvalue weighted by Gasteiger charge is -2.06. The first kappa shape index (κ1) is 8.53. The fraction of sp³-hybridized carbons (Fsp3) is 0.875. The predicted molar refractivity (Wildman–Crippen MR) is 40.0 cm³/mol. The average molecular weight is 158 g/mol. The highest BCUT2D eigenvalue weighted by atomic mass is 16.5. The summed E-state index contributed by atoms with van der Waals surface area (Å²) in [7, 11) is 0. The number of ether oxygens (including phenoxy) is 1. The van der Waals surface area contributed by atoms with Crippen LogP contribution in [0.1, 0.15) is 26.2 Å². The van der Waals surface area contributed by atoms with Gasteiger partial charge in [0.25, 0.3) is 0 Å². The summed E-state index contributed by atoms with van der Waals surface area (Å²) in [5, 5.41) is 9.11. The van der Waals surface area contributed by atoms with Crippen molar-refractivity contribution in [3.05, 3.63) is 0 Å². The van der Waals surface area contributed by atoms with Crippen molar-refractivity contribution in [2.24, 2.45) is 5.92 Å². The first-order valence-electron chi connectivity index (χ1n) is 4.08. The minimum absolute atomic E-state index is 0.0510. The molecule has 0 aliphatic heterocycles. The van der Waals surface area contributed by atoms with Gasteiger partial charge in [-0.3, -0.25) is 4.79 Å². The lowest BCUT2D eigenvalue weighted by atomic mass is 10.1. The minimum Gasteiger partial charge on any atom is -0.466 e. The van der Waals surface area contributed by atoms with E-state index in [0.29, 0.717) is 13.0 Å². The van der Waals surface area contributed by atoms with Crippen LogP contribution in [0.4, 0.5) is 0 Å². The van der Waals surface area contributed by atoms with Gasteiger partial charge in [-0.25, -0.2) is 0 Å². The Kier molecular flexibility index (Phi) is 2.88. The van der Waals surface area contributed by atoms with E-state index in [1.807, 2.05) is 0 Å². The van der Waals surface area contributed by atoms with E-state index in [4.69, 9.17) is 9.84 Å². The van der Waals surface area contributed by atoms with Gasteiger partial charge in [0.2, 0.25) is 0 Å². The van der Waals surface area contributed by atoms with Gasteiger partial charge < -0.3 is 9.84 Å². The SMILES string of the molecule is CCOC(=O)[C@H]1CC[C@@H](O)C1. The van der Waals surface area contributed by atoms with E-state index >= 15 is 0 Å². The molecule has 1 aliphatic rings. The number of hydrogen-bond donors (Lipinski definition) is 1. The van der Waals surface area contributed by atoms with Crippen LogP contribution in [-0.2, 0) is 9.53 Å². The molecule has 0 amide bonds. The topological polar surface area (TPSA) is 46.5 Å². The van der Waals surface area contributed by atoms with Crippen LogP contribution in [0.15, 0.2) is 0 Å². The standard InChI is InChI=1S/C8H14O3/c1-2-11-8(10)6-3-4-7(9)5-6/h6-7,9H,2-5H2,1H3/t6-,7+/m0/s1. The summed E-state index contributed by atoms with van der Waals surface area (Å²) in [6.07, 6.45) is 1.81. The van der Waals surface area contributed by atoms with Crippen molar-refractivity contribution in [2.75, 3.05) is 6.61 Å². The quantitative estimate of drug-likeness (QED) is 0.602. The molecule has 64 valence electrons. The minimum atomic E-state index is -0.288. The van der Waals surface area contributed by atoms with E-state index in [-0.39, 0.29) is 18.0 Å². The molecular formula is C8H14O3. The zero-order valence-corrected chi connectivity index (χ0v) is 6.75. The van der Waals surface area contributed by atoms with E-state index < -0.39 is 0 Å². The lowest BCUT2D eigenvalue weighted by molar-refractivity contribution is -0.148. The van der Waals surface area contributed by atoms with Crippen LogP contribution in [0.3, 0.4) is 0 Å². The van der Waals surface area contributed by atoms with E-state index in [1.54, 1.807) is 6.92 Å². The molecule has 2 atom stereocenters. The predicted octanol–water partition coefficient (Wildman–Crippen LogP) is 0.711. The largest absolute Gasteiger partial charge is 0.466 e. The summed E-state index contributed by atoms with van der Waals surface area (Å²) in [5.41, 5.74) is 0. The molecule has 1 N–H and O–H groups in total. The van der Waals surface area contributed by atoms with Gasteiger partial charge in [0, 0.05) is 0 Å². The number of hydrogen-bond acceptors (Lipinski definition) is 3. The zero-order valence-electron chi connectivity index (χ0n) is 6.75. The number of carbonyl (C=O) groups excluding carboxylic acids is 1. The van der Waals surface area contributed by atoms with E-state index in [1.165, 1.54) is 0 Å². The Morgan fingerprint density at radius 2 is 2.36 bits per heavy atom. The van der Waals surface area contributed by atoms with Crippen molar-refractivity contribution in [1.82, 2.24) is 0 Å². The van der Waals surface area contributed by atoms with Crippen LogP contribution in [0, 0.1) is 5.92 Å². The third-order valence-corrected chi connectivity index (χ3v) is 2.02. The van der Waals surface area contributed by atoms with Crippen molar-refractivity contribution in [3.63, 3.8) is 0 Å². The van der Waals surface area contributed by atoms with Gasteiger partial charge in [-0.05, 0) is 26.2 Å². The monoisotopic (exact) mass is 158 g/mol. The molecule has 0 aromatic rings. The van der Waals surface area contributed by atoms with Gasteiger partial charge in [-0.15, -0.1) is 0 Å². The van der Waals surface area contributed by atoms with Crippen LogP contribution in [0.2, 0.25) is 0 Å². The molecule has 3 nitrogen and oxygen atoms in total. The third kappa shape index (κ3) is 2.19. The second-order valence-electron chi connectivity index (χ2n) is 2.92. The summed E-state index contributed by atoms with van der Waals surface area (Å²) in [6.45, 7) is 2.23. The molecule has 0 heterocycles. The van der Waals surface area contributed by atoms with Gasteiger partial charge in [0.05, 0.1) is 18.6 Å². The number of aliphatic hydroxyl groups excluding tert-OH is 1. The fourth-order valence-corrected chi connectivity index (χ4v) is 1.43. The Hall–Kier alpha value is -0.570. The first-order valence-corrected chi connectivity index (χ1v) is 4.08. The maximum Gasteiger partial charge on any atom is 0.309 e. The fourth-order valence-electron chi connectivity index (χ4n) is 1.43. The van der Waals surface area contributed by atoms with Crippen molar-refractivity contribution in [1.29, 1.82) is 0 Å². The Morgan fingerprint density at radius 1 is 1.64 bits per heavy atom. The van der Waals surface area contributed by atoms with Crippen molar-refractivity contribution in [2.45, 2.75) is 32.3 Å². The second kappa shape index (κ2) is 3.72. The van der Waals surface area contributed by atoms with Crippen molar-refractivity contribution >= 4 is 5.97 Å². The normalized spacial score (nSPS) is 30.4. The highest BCUT2D eigenvalue weighted by Crippen LogP contribution is 2.26. The third-order valence-electron chi connectivity index (χ3n) is 2.02. The highest BCUT2D eigenvalue weighted by Gasteiger charge is 2.29. The molecule has 1 aliphatic carbocycles. The second-order valence-corrected chi connectivity index (χ2v) is 2.92. The van der Waals surface area contributed by atoms with Gasteiger partial charge in [-0.1, -0.05) is 0 Å². The smallest absolute Gasteiger partial charge is 0.309 e.